The van der Waals surface area contributed by atoms with E-state index < -0.39 is 5.97 Å². The number of methoxy groups -OCH3 is 1. The maximum atomic E-state index is 12.9. The number of aryl methyl sites for hydroxylation is 2. The summed E-state index contributed by atoms with van der Waals surface area (Å²) in [5, 5.41) is 0.455. The van der Waals surface area contributed by atoms with E-state index in [1.54, 1.807) is 9.13 Å². The number of carbonyl (C=O) groups is 1. The van der Waals surface area contributed by atoms with Crippen molar-refractivity contribution in [2.24, 2.45) is 0 Å². The first-order valence-electron chi connectivity index (χ1n) is 8.80. The molecule has 0 fully saturated rings. The summed E-state index contributed by atoms with van der Waals surface area (Å²) in [6.45, 7) is 4.45. The number of hydrogen-bond donors (Lipinski definition) is 0. The largest absolute Gasteiger partial charge is 0.464 e. The normalized spacial score (nSPS) is 10.9. The van der Waals surface area contributed by atoms with Gasteiger partial charge in [-0.2, -0.15) is 0 Å². The molecule has 3 aromatic rings. The summed E-state index contributed by atoms with van der Waals surface area (Å²) in [6, 6.07) is 10.9. The number of nitrogens with zero attached hydrogens (tertiary/aromatic N) is 3. The molecule has 3 rings (SSSR count). The van der Waals surface area contributed by atoms with Crippen LogP contribution in [-0.4, -0.2) is 27.2 Å². The van der Waals surface area contributed by atoms with Crippen molar-refractivity contribution in [3.63, 3.8) is 0 Å². The van der Waals surface area contributed by atoms with Crippen LogP contribution in [0.3, 0.4) is 0 Å². The summed E-state index contributed by atoms with van der Waals surface area (Å²) >= 11 is 5.52. The minimum absolute atomic E-state index is 0.196. The Hall–Kier alpha value is -2.80. The topological polar surface area (TPSA) is 66.1 Å². The summed E-state index contributed by atoms with van der Waals surface area (Å²) in [4.78, 5) is 29.6. The van der Waals surface area contributed by atoms with Crippen molar-refractivity contribution >= 4 is 29.2 Å². The van der Waals surface area contributed by atoms with Crippen LogP contribution in [0.2, 0.25) is 0 Å². The Labute approximate surface area is 162 Å². The lowest BCUT2D eigenvalue weighted by molar-refractivity contribution is 0.0587. The van der Waals surface area contributed by atoms with E-state index in [2.05, 4.69) is 11.9 Å². The number of aromatic nitrogens is 3. The van der Waals surface area contributed by atoms with E-state index in [1.807, 2.05) is 37.3 Å². The van der Waals surface area contributed by atoms with Crippen LogP contribution in [-0.2, 0) is 11.3 Å². The lowest BCUT2D eigenvalue weighted by atomic mass is 10.2. The third-order valence-electron chi connectivity index (χ3n) is 4.52. The molecule has 2 heterocycles. The summed E-state index contributed by atoms with van der Waals surface area (Å²) < 4.78 is 8.71. The molecule has 0 bridgehead atoms. The molecule has 1 aromatic carbocycles. The molecule has 6 nitrogen and oxygen atoms in total. The van der Waals surface area contributed by atoms with Gasteiger partial charge in [0.2, 0.25) is 4.77 Å². The molecule has 0 amide bonds. The van der Waals surface area contributed by atoms with Gasteiger partial charge in [-0.05, 0) is 37.7 Å². The van der Waals surface area contributed by atoms with Crippen LogP contribution < -0.4 is 5.43 Å². The molecule has 0 N–H and O–H groups in total. The molecule has 0 radical (unpaired) electrons. The highest BCUT2D eigenvalue weighted by molar-refractivity contribution is 7.71. The first-order valence-corrected chi connectivity index (χ1v) is 9.21. The van der Waals surface area contributed by atoms with E-state index in [1.165, 1.54) is 13.2 Å². The van der Waals surface area contributed by atoms with Crippen molar-refractivity contribution in [3.05, 3.63) is 62.8 Å². The highest BCUT2D eigenvalue weighted by Crippen LogP contribution is 2.20. The predicted molar refractivity (Wildman–Crippen MR) is 107 cm³/mol. The van der Waals surface area contributed by atoms with Gasteiger partial charge in [0.05, 0.1) is 12.5 Å². The fourth-order valence-corrected chi connectivity index (χ4v) is 3.51. The lowest BCUT2D eigenvalue weighted by Gasteiger charge is -2.18. The summed E-state index contributed by atoms with van der Waals surface area (Å²) in [6.07, 6.45) is 1.77. The third kappa shape index (κ3) is 3.42. The van der Waals surface area contributed by atoms with E-state index in [4.69, 9.17) is 17.0 Å². The van der Waals surface area contributed by atoms with Crippen LogP contribution in [0.5, 0.6) is 0 Å². The second-order valence-corrected chi connectivity index (χ2v) is 6.61. The van der Waals surface area contributed by atoms with Crippen LogP contribution in [0.1, 0.15) is 35.9 Å². The maximum Gasteiger partial charge on any atom is 0.354 e. The van der Waals surface area contributed by atoms with Crippen molar-refractivity contribution in [3.8, 4) is 5.69 Å². The highest BCUT2D eigenvalue weighted by atomic mass is 32.1. The van der Waals surface area contributed by atoms with Crippen LogP contribution in [0.15, 0.2) is 41.2 Å². The molecule has 140 valence electrons. The number of rotatable bonds is 5. The minimum Gasteiger partial charge on any atom is -0.464 e. The van der Waals surface area contributed by atoms with Crippen molar-refractivity contribution < 1.29 is 9.53 Å². The Morgan fingerprint density at radius 2 is 1.96 bits per heavy atom. The van der Waals surface area contributed by atoms with Crippen LogP contribution in [0.25, 0.3) is 16.7 Å². The zero-order valence-electron chi connectivity index (χ0n) is 15.6. The van der Waals surface area contributed by atoms with Gasteiger partial charge in [0.25, 0.3) is 0 Å². The summed E-state index contributed by atoms with van der Waals surface area (Å²) in [5.74, 6) is -0.560. The van der Waals surface area contributed by atoms with Gasteiger partial charge in [-0.1, -0.05) is 31.5 Å². The third-order valence-corrected chi connectivity index (χ3v) is 4.79. The average Bonchev–Trinajstić information content (AvgIpc) is 2.66. The van der Waals surface area contributed by atoms with E-state index in [0.717, 1.165) is 18.5 Å². The van der Waals surface area contributed by atoms with Crippen LogP contribution in [0.4, 0.5) is 0 Å². The number of benzene rings is 1. The molecule has 0 aliphatic heterocycles. The van der Waals surface area contributed by atoms with Gasteiger partial charge >= 0.3 is 5.97 Å². The fraction of sp³-hybridized carbons (Fsp3) is 0.300. The first kappa shape index (κ1) is 19.0. The molecular weight excluding hydrogens is 362 g/mol. The Balaban J connectivity index is 2.41. The molecule has 7 heteroatoms. The van der Waals surface area contributed by atoms with Crippen LogP contribution in [0, 0.1) is 11.7 Å². The predicted octanol–water partition coefficient (Wildman–Crippen LogP) is 3.81. The summed E-state index contributed by atoms with van der Waals surface area (Å²) in [5.41, 5.74) is 1.88. The second-order valence-electron chi connectivity index (χ2n) is 6.24. The standard InChI is InChI=1S/C20H21N3O3S/c1-4-5-11-22-15(19(25)26-3)12-16(24)17-13(2)23(20(27)21-18(17)22)14-9-7-6-8-10-14/h6-10,12H,4-5,11H2,1-3H3. The molecule has 0 spiro atoms. The Bertz CT molecular complexity index is 1120. The van der Waals surface area contributed by atoms with Crippen molar-refractivity contribution in [1.82, 2.24) is 14.1 Å². The molecule has 27 heavy (non-hydrogen) atoms. The molecular formula is C20H21N3O3S. The number of unbranched alkanes of at least 4 members (excludes halogenated alkanes) is 1. The first-order chi connectivity index (χ1) is 13.0. The number of para-hydroxylation sites is 1. The van der Waals surface area contributed by atoms with Gasteiger partial charge in [-0.25, -0.2) is 9.78 Å². The Kier molecular flexibility index (Phi) is 5.51. The Morgan fingerprint density at radius 3 is 2.59 bits per heavy atom. The quantitative estimate of drug-likeness (QED) is 0.495. The zero-order valence-corrected chi connectivity index (χ0v) is 16.4. The lowest BCUT2D eigenvalue weighted by Crippen LogP contribution is -2.22. The number of ether oxygens (including phenoxy) is 1. The van der Waals surface area contributed by atoms with E-state index in [0.29, 0.717) is 28.0 Å². The highest BCUT2D eigenvalue weighted by Gasteiger charge is 2.20. The van der Waals surface area contributed by atoms with E-state index in [-0.39, 0.29) is 11.1 Å². The minimum atomic E-state index is -0.560. The van der Waals surface area contributed by atoms with Crippen LogP contribution >= 0.6 is 12.2 Å². The molecule has 0 aliphatic carbocycles. The maximum absolute atomic E-state index is 12.9. The van der Waals surface area contributed by atoms with Gasteiger partial charge in [0.15, 0.2) is 5.43 Å². The number of pyridine rings is 1. The monoisotopic (exact) mass is 383 g/mol. The molecule has 0 saturated carbocycles. The molecule has 2 aromatic heterocycles. The molecule has 0 saturated heterocycles. The average molecular weight is 383 g/mol. The van der Waals surface area contributed by atoms with Crippen molar-refractivity contribution in [1.29, 1.82) is 0 Å². The number of esters is 1. The van der Waals surface area contributed by atoms with Gasteiger partial charge in [0.1, 0.15) is 11.3 Å². The molecule has 0 unspecified atom stereocenters. The van der Waals surface area contributed by atoms with Gasteiger partial charge in [-0.3, -0.25) is 9.36 Å². The van der Waals surface area contributed by atoms with Crippen molar-refractivity contribution in [2.45, 2.75) is 33.2 Å². The van der Waals surface area contributed by atoms with E-state index >= 15 is 0 Å². The Morgan fingerprint density at radius 1 is 1.26 bits per heavy atom. The molecule has 0 aliphatic rings. The summed E-state index contributed by atoms with van der Waals surface area (Å²) in [7, 11) is 1.30. The molecule has 0 atom stereocenters. The van der Waals surface area contributed by atoms with Gasteiger partial charge < -0.3 is 9.30 Å². The smallest absolute Gasteiger partial charge is 0.354 e. The number of fused-ring (bicyclic) bond motifs is 1. The number of carbonyl (C=O) groups excluding carboxylic acids is 1. The second kappa shape index (κ2) is 7.84. The number of hydrogen-bond acceptors (Lipinski definition) is 5. The van der Waals surface area contributed by atoms with E-state index in [9.17, 15) is 9.59 Å². The fourth-order valence-electron chi connectivity index (χ4n) is 3.18. The SMILES string of the molecule is CCCCn1c(C(=O)OC)cc(=O)c2c(C)n(-c3ccccc3)c(=S)nc21. The van der Waals surface area contributed by atoms with Gasteiger partial charge in [0, 0.05) is 24.0 Å². The van der Waals surface area contributed by atoms with Gasteiger partial charge in [-0.15, -0.1) is 0 Å². The van der Waals surface area contributed by atoms with Crippen molar-refractivity contribution in [2.75, 3.05) is 7.11 Å². The zero-order chi connectivity index (χ0) is 19.6.